The van der Waals surface area contributed by atoms with Gasteiger partial charge in [0.1, 0.15) is 0 Å². The number of aliphatic carboxylic acids is 1. The molecule has 0 aromatic heterocycles. The van der Waals surface area contributed by atoms with Gasteiger partial charge in [-0.05, 0) is 19.3 Å². The summed E-state index contributed by atoms with van der Waals surface area (Å²) in [6.07, 6.45) is 1.53. The van der Waals surface area contributed by atoms with Crippen LogP contribution in [-0.4, -0.2) is 33.9 Å². The number of hydrogen-bond donors (Lipinski definition) is 1. The molecule has 1 rings (SSSR count). The average molecular weight is 257 g/mol. The van der Waals surface area contributed by atoms with E-state index in [1.807, 2.05) is 0 Å². The van der Waals surface area contributed by atoms with Gasteiger partial charge in [-0.1, -0.05) is 0 Å². The number of carboxylic acid groups (broad SMARTS) is 1. The maximum absolute atomic E-state index is 11.3. The first kappa shape index (κ1) is 14.1. The van der Waals surface area contributed by atoms with Crippen LogP contribution in [0.1, 0.15) is 44.9 Å². The second-order valence-electron chi connectivity index (χ2n) is 4.00. The third-order valence-corrected chi connectivity index (χ3v) is 2.45. The molecule has 0 aliphatic carbocycles. The molecule has 1 saturated heterocycles. The SMILES string of the molecule is O=C(O)CCCCC(=O)ON1C(=O)CCCC1=O. The summed E-state index contributed by atoms with van der Waals surface area (Å²) in [7, 11) is 0. The molecule has 1 aliphatic heterocycles. The molecule has 18 heavy (non-hydrogen) atoms. The van der Waals surface area contributed by atoms with E-state index in [0.29, 0.717) is 24.3 Å². The summed E-state index contributed by atoms with van der Waals surface area (Å²) in [5.74, 6) is -2.64. The molecule has 1 N–H and O–H groups in total. The van der Waals surface area contributed by atoms with Gasteiger partial charge in [0.15, 0.2) is 0 Å². The summed E-state index contributed by atoms with van der Waals surface area (Å²) in [6, 6.07) is 0. The van der Waals surface area contributed by atoms with Crippen molar-refractivity contribution in [3.63, 3.8) is 0 Å². The Labute approximate surface area is 104 Å². The lowest BCUT2D eigenvalue weighted by Crippen LogP contribution is -2.41. The topological polar surface area (TPSA) is 101 Å². The average Bonchev–Trinajstić information content (AvgIpc) is 2.29. The Morgan fingerprint density at radius 1 is 1.11 bits per heavy atom. The van der Waals surface area contributed by atoms with Gasteiger partial charge in [-0.25, -0.2) is 4.79 Å². The Morgan fingerprint density at radius 2 is 1.67 bits per heavy atom. The van der Waals surface area contributed by atoms with E-state index in [0.717, 1.165) is 0 Å². The van der Waals surface area contributed by atoms with Crippen LogP contribution in [0.3, 0.4) is 0 Å². The molecule has 0 bridgehead atoms. The molecular weight excluding hydrogens is 242 g/mol. The number of hydrogen-bond acceptors (Lipinski definition) is 5. The molecule has 100 valence electrons. The lowest BCUT2D eigenvalue weighted by Gasteiger charge is -2.22. The number of amides is 2. The quantitative estimate of drug-likeness (QED) is 0.553. The van der Waals surface area contributed by atoms with E-state index >= 15 is 0 Å². The van der Waals surface area contributed by atoms with Crippen molar-refractivity contribution in [2.75, 3.05) is 0 Å². The summed E-state index contributed by atoms with van der Waals surface area (Å²) in [6.45, 7) is 0. The van der Waals surface area contributed by atoms with E-state index in [1.165, 1.54) is 0 Å². The van der Waals surface area contributed by atoms with Crippen LogP contribution >= 0.6 is 0 Å². The van der Waals surface area contributed by atoms with Crippen molar-refractivity contribution >= 4 is 23.8 Å². The number of nitrogens with zero attached hydrogens (tertiary/aromatic N) is 1. The molecule has 0 radical (unpaired) electrons. The Bertz CT molecular complexity index is 349. The predicted molar refractivity (Wildman–Crippen MR) is 57.9 cm³/mol. The Morgan fingerprint density at radius 3 is 2.22 bits per heavy atom. The van der Waals surface area contributed by atoms with Crippen LogP contribution in [0.5, 0.6) is 0 Å². The number of piperidine rings is 1. The lowest BCUT2D eigenvalue weighted by atomic mass is 10.1. The van der Waals surface area contributed by atoms with Crippen molar-refractivity contribution in [3.8, 4) is 0 Å². The zero-order valence-corrected chi connectivity index (χ0v) is 9.89. The molecule has 2 amide bonds. The van der Waals surface area contributed by atoms with E-state index in [2.05, 4.69) is 4.84 Å². The van der Waals surface area contributed by atoms with Crippen LogP contribution in [0.15, 0.2) is 0 Å². The van der Waals surface area contributed by atoms with Crippen LogP contribution < -0.4 is 0 Å². The molecule has 0 aromatic rings. The fraction of sp³-hybridized carbons (Fsp3) is 0.636. The second kappa shape index (κ2) is 6.73. The van der Waals surface area contributed by atoms with Gasteiger partial charge in [-0.3, -0.25) is 14.4 Å². The third kappa shape index (κ3) is 4.52. The highest BCUT2D eigenvalue weighted by Gasteiger charge is 2.29. The number of rotatable bonds is 6. The summed E-state index contributed by atoms with van der Waals surface area (Å²) < 4.78 is 0. The minimum Gasteiger partial charge on any atom is -0.481 e. The molecule has 7 heteroatoms. The summed E-state index contributed by atoms with van der Waals surface area (Å²) in [4.78, 5) is 48.9. The number of hydroxylamine groups is 2. The molecule has 1 fully saturated rings. The number of carbonyl (C=O) groups is 4. The first-order valence-corrected chi connectivity index (χ1v) is 5.79. The smallest absolute Gasteiger partial charge is 0.333 e. The summed E-state index contributed by atoms with van der Waals surface area (Å²) in [5.41, 5.74) is 0. The maximum Gasteiger partial charge on any atom is 0.333 e. The van der Waals surface area contributed by atoms with Gasteiger partial charge in [-0.15, -0.1) is 5.06 Å². The third-order valence-electron chi connectivity index (χ3n) is 2.45. The molecule has 0 saturated carbocycles. The van der Waals surface area contributed by atoms with Crippen molar-refractivity contribution in [2.24, 2.45) is 0 Å². The van der Waals surface area contributed by atoms with Gasteiger partial charge >= 0.3 is 11.9 Å². The van der Waals surface area contributed by atoms with Crippen LogP contribution in [-0.2, 0) is 24.0 Å². The predicted octanol–water partition coefficient (Wildman–Crippen LogP) is 0.629. The highest BCUT2D eigenvalue weighted by Crippen LogP contribution is 2.13. The van der Waals surface area contributed by atoms with Crippen LogP contribution in [0.4, 0.5) is 0 Å². The van der Waals surface area contributed by atoms with Gasteiger partial charge in [-0.2, -0.15) is 0 Å². The highest BCUT2D eigenvalue weighted by atomic mass is 16.7. The van der Waals surface area contributed by atoms with Crippen molar-refractivity contribution < 1.29 is 29.1 Å². The maximum atomic E-state index is 11.3. The van der Waals surface area contributed by atoms with Crippen molar-refractivity contribution in [1.82, 2.24) is 5.06 Å². The fourth-order valence-electron chi connectivity index (χ4n) is 1.53. The Balaban J connectivity index is 2.28. The second-order valence-corrected chi connectivity index (χ2v) is 4.00. The Hall–Kier alpha value is -1.92. The minimum absolute atomic E-state index is 0.00958. The summed E-state index contributed by atoms with van der Waals surface area (Å²) in [5, 5.41) is 8.91. The molecule has 7 nitrogen and oxygen atoms in total. The number of carbonyl (C=O) groups excluding carboxylic acids is 3. The molecule has 0 aromatic carbocycles. The zero-order valence-electron chi connectivity index (χ0n) is 9.89. The van der Waals surface area contributed by atoms with Gasteiger partial charge in [0, 0.05) is 25.7 Å². The Kier molecular flexibility index (Phi) is 5.29. The fourth-order valence-corrected chi connectivity index (χ4v) is 1.53. The molecule has 1 heterocycles. The van der Waals surface area contributed by atoms with Gasteiger partial charge < -0.3 is 9.94 Å². The van der Waals surface area contributed by atoms with E-state index in [1.54, 1.807) is 0 Å². The molecule has 0 unspecified atom stereocenters. The van der Waals surface area contributed by atoms with Gasteiger partial charge in [0.05, 0.1) is 0 Å². The highest BCUT2D eigenvalue weighted by molar-refractivity contribution is 5.97. The van der Waals surface area contributed by atoms with E-state index < -0.39 is 23.8 Å². The van der Waals surface area contributed by atoms with Crippen molar-refractivity contribution in [1.29, 1.82) is 0 Å². The molecule has 0 atom stereocenters. The van der Waals surface area contributed by atoms with Crippen LogP contribution in [0, 0.1) is 0 Å². The van der Waals surface area contributed by atoms with Crippen molar-refractivity contribution in [3.05, 3.63) is 0 Å². The van der Waals surface area contributed by atoms with Crippen LogP contribution in [0.2, 0.25) is 0 Å². The van der Waals surface area contributed by atoms with Crippen LogP contribution in [0.25, 0.3) is 0 Å². The first-order valence-electron chi connectivity index (χ1n) is 5.79. The normalized spacial score (nSPS) is 15.7. The molecular formula is C11H15NO6. The standard InChI is InChI=1S/C11H15NO6/c13-8-4-3-5-9(14)12(8)18-11(17)7-2-1-6-10(15)16/h1-7H2,(H,15,16). The van der Waals surface area contributed by atoms with Gasteiger partial charge in [0.2, 0.25) is 0 Å². The van der Waals surface area contributed by atoms with Gasteiger partial charge in [0.25, 0.3) is 11.8 Å². The van der Waals surface area contributed by atoms with E-state index in [4.69, 9.17) is 5.11 Å². The monoisotopic (exact) mass is 257 g/mol. The zero-order chi connectivity index (χ0) is 13.5. The molecule has 1 aliphatic rings. The first-order chi connectivity index (χ1) is 8.50. The minimum atomic E-state index is -0.926. The summed E-state index contributed by atoms with van der Waals surface area (Å²) >= 11 is 0. The number of unbranched alkanes of at least 4 members (excludes halogenated alkanes) is 1. The lowest BCUT2D eigenvalue weighted by molar-refractivity contribution is -0.205. The largest absolute Gasteiger partial charge is 0.481 e. The van der Waals surface area contributed by atoms with E-state index in [9.17, 15) is 19.2 Å². The number of carboxylic acids is 1. The molecule has 0 spiro atoms. The van der Waals surface area contributed by atoms with Crippen molar-refractivity contribution in [2.45, 2.75) is 44.9 Å². The number of imide groups is 1. The van der Waals surface area contributed by atoms with E-state index in [-0.39, 0.29) is 25.7 Å².